The number of benzene rings is 1. The van der Waals surface area contributed by atoms with E-state index in [0.29, 0.717) is 5.56 Å². The molecule has 1 aliphatic rings. The zero-order valence-corrected chi connectivity index (χ0v) is 11.3. The molecule has 1 atom stereocenters. The third-order valence-corrected chi connectivity index (χ3v) is 7.18. The Morgan fingerprint density at radius 2 is 1.83 bits per heavy atom. The minimum Gasteiger partial charge on any atom is -0.207 e. The normalized spacial score (nSPS) is 26.8. The van der Waals surface area contributed by atoms with Crippen molar-refractivity contribution in [2.24, 2.45) is 5.92 Å². The number of fused-ring (bicyclic) bond motifs is 1. The van der Waals surface area contributed by atoms with E-state index in [4.69, 9.17) is 10.7 Å². The molecule has 1 heterocycles. The Kier molecular flexibility index (Phi) is 3.18. The molecule has 18 heavy (non-hydrogen) atoms. The lowest BCUT2D eigenvalue weighted by Crippen LogP contribution is -2.18. The standard InChI is InChI=1S/C12H11ClF4S/c1-7(2)10-5-8-3-4-9(14)6-11(8)18(10,13)12(15,16)17/h3-7H,1-2H3. The van der Waals surface area contributed by atoms with E-state index in [0.717, 1.165) is 12.1 Å². The molecule has 0 spiro atoms. The first-order chi connectivity index (χ1) is 8.18. The van der Waals surface area contributed by atoms with E-state index < -0.39 is 20.6 Å². The van der Waals surface area contributed by atoms with Crippen LogP contribution in [0.4, 0.5) is 17.6 Å². The minimum atomic E-state index is -4.58. The van der Waals surface area contributed by atoms with Gasteiger partial charge < -0.3 is 0 Å². The molecule has 100 valence electrons. The van der Waals surface area contributed by atoms with E-state index in [9.17, 15) is 17.6 Å². The maximum Gasteiger partial charge on any atom is 0.445 e. The molecule has 0 saturated carbocycles. The van der Waals surface area contributed by atoms with Crippen molar-refractivity contribution in [3.8, 4) is 0 Å². The van der Waals surface area contributed by atoms with Gasteiger partial charge in [-0.15, -0.1) is 0 Å². The van der Waals surface area contributed by atoms with Crippen molar-refractivity contribution in [2.75, 3.05) is 0 Å². The van der Waals surface area contributed by atoms with Crippen molar-refractivity contribution >= 4 is 26.0 Å². The number of hydrogen-bond donors (Lipinski definition) is 0. The van der Waals surface area contributed by atoms with E-state index in [1.807, 2.05) is 0 Å². The maximum atomic E-state index is 13.3. The molecule has 0 nitrogen and oxygen atoms in total. The van der Waals surface area contributed by atoms with Crippen LogP contribution in [0.3, 0.4) is 0 Å². The number of halogens is 5. The van der Waals surface area contributed by atoms with Gasteiger partial charge in [0.05, 0.1) is 0 Å². The molecule has 1 aliphatic heterocycles. The van der Waals surface area contributed by atoms with E-state index in [1.165, 1.54) is 12.1 Å². The predicted molar refractivity (Wildman–Crippen MR) is 67.0 cm³/mol. The Morgan fingerprint density at radius 1 is 1.22 bits per heavy atom. The molecule has 0 bridgehead atoms. The van der Waals surface area contributed by atoms with Crippen LogP contribution >= 0.6 is 19.9 Å². The third kappa shape index (κ3) is 1.84. The quantitative estimate of drug-likeness (QED) is 0.586. The highest BCUT2D eigenvalue weighted by atomic mass is 35.7. The van der Waals surface area contributed by atoms with Gasteiger partial charge in [0.25, 0.3) is 0 Å². The average molecular weight is 299 g/mol. The SMILES string of the molecule is CC(C)C1=Cc2ccc(F)cc2S1(Cl)C(F)(F)F. The predicted octanol–water partition coefficient (Wildman–Crippen LogP) is 5.67. The first-order valence-electron chi connectivity index (χ1n) is 5.28. The second-order valence-electron chi connectivity index (χ2n) is 4.37. The van der Waals surface area contributed by atoms with Gasteiger partial charge in [-0.3, -0.25) is 0 Å². The highest BCUT2D eigenvalue weighted by Gasteiger charge is 2.56. The lowest BCUT2D eigenvalue weighted by Gasteiger charge is -2.36. The lowest BCUT2D eigenvalue weighted by molar-refractivity contribution is -0.0360. The molecule has 1 aromatic rings. The van der Waals surface area contributed by atoms with Crippen molar-refractivity contribution in [2.45, 2.75) is 24.3 Å². The van der Waals surface area contributed by atoms with Crippen LogP contribution in [0.1, 0.15) is 19.4 Å². The lowest BCUT2D eigenvalue weighted by atomic mass is 10.1. The summed E-state index contributed by atoms with van der Waals surface area (Å²) in [6.45, 7) is 3.31. The van der Waals surface area contributed by atoms with Crippen LogP contribution < -0.4 is 0 Å². The van der Waals surface area contributed by atoms with Crippen LogP contribution in [-0.4, -0.2) is 5.51 Å². The average Bonchev–Trinajstić information content (AvgIpc) is 2.53. The Bertz CT molecular complexity index is 521. The summed E-state index contributed by atoms with van der Waals surface area (Å²) in [5, 5.41) is 0. The van der Waals surface area contributed by atoms with Crippen LogP contribution in [0.5, 0.6) is 0 Å². The largest absolute Gasteiger partial charge is 0.445 e. The second kappa shape index (κ2) is 4.17. The van der Waals surface area contributed by atoms with E-state index in [-0.39, 0.29) is 15.7 Å². The van der Waals surface area contributed by atoms with Crippen LogP contribution in [0.25, 0.3) is 6.08 Å². The van der Waals surface area contributed by atoms with Gasteiger partial charge in [0.15, 0.2) is 0 Å². The molecule has 0 N–H and O–H groups in total. The fraction of sp³-hybridized carbons (Fsp3) is 0.333. The van der Waals surface area contributed by atoms with Gasteiger partial charge in [0.1, 0.15) is 5.82 Å². The first-order valence-corrected chi connectivity index (χ1v) is 7.74. The van der Waals surface area contributed by atoms with Gasteiger partial charge >= 0.3 is 5.51 Å². The smallest absolute Gasteiger partial charge is 0.207 e. The van der Waals surface area contributed by atoms with Crippen molar-refractivity contribution in [3.05, 3.63) is 34.5 Å². The topological polar surface area (TPSA) is 0 Å². The van der Waals surface area contributed by atoms with Gasteiger partial charge in [-0.25, -0.2) is 4.39 Å². The Morgan fingerprint density at radius 3 is 2.33 bits per heavy atom. The maximum absolute atomic E-state index is 13.3. The van der Waals surface area contributed by atoms with Crippen LogP contribution in [0, 0.1) is 11.7 Å². The van der Waals surface area contributed by atoms with E-state index in [2.05, 4.69) is 0 Å². The van der Waals surface area contributed by atoms with Gasteiger partial charge in [-0.1, -0.05) is 19.9 Å². The highest BCUT2D eigenvalue weighted by Crippen LogP contribution is 2.80. The summed E-state index contributed by atoms with van der Waals surface area (Å²) in [6, 6.07) is 3.39. The Balaban J connectivity index is 2.70. The summed E-state index contributed by atoms with van der Waals surface area (Å²) in [4.78, 5) is -0.00219. The van der Waals surface area contributed by atoms with Crippen molar-refractivity contribution in [1.82, 2.24) is 0 Å². The summed E-state index contributed by atoms with van der Waals surface area (Å²) < 4.78 is 53.1. The van der Waals surface area contributed by atoms with Gasteiger partial charge in [-0.05, 0) is 54.5 Å². The zero-order valence-electron chi connectivity index (χ0n) is 9.68. The van der Waals surface area contributed by atoms with Crippen LogP contribution in [0.15, 0.2) is 28.0 Å². The van der Waals surface area contributed by atoms with Crippen molar-refractivity contribution in [1.29, 1.82) is 0 Å². The van der Waals surface area contributed by atoms with E-state index in [1.54, 1.807) is 13.8 Å². The molecular weight excluding hydrogens is 288 g/mol. The number of allylic oxidation sites excluding steroid dienone is 1. The minimum absolute atomic E-state index is 0.136. The molecule has 0 saturated heterocycles. The molecule has 0 aliphatic carbocycles. The Hall–Kier alpha value is -0.680. The molecule has 1 unspecified atom stereocenters. The van der Waals surface area contributed by atoms with Gasteiger partial charge in [0.2, 0.25) is 0 Å². The highest BCUT2D eigenvalue weighted by molar-refractivity contribution is 8.54. The van der Waals surface area contributed by atoms with Gasteiger partial charge in [-0.2, -0.15) is 13.2 Å². The molecular formula is C12H11ClF4S. The summed E-state index contributed by atoms with van der Waals surface area (Å²) in [6.07, 6.45) is 1.44. The summed E-state index contributed by atoms with van der Waals surface area (Å²) in [7, 11) is 2.29. The molecule has 0 fully saturated rings. The summed E-state index contributed by atoms with van der Waals surface area (Å²) in [5.41, 5.74) is -4.22. The third-order valence-electron chi connectivity index (χ3n) is 2.79. The Labute approximate surface area is 108 Å². The van der Waals surface area contributed by atoms with Gasteiger partial charge in [0, 0.05) is 4.90 Å². The fourth-order valence-electron chi connectivity index (χ4n) is 1.98. The fourth-order valence-corrected chi connectivity index (χ4v) is 5.49. The molecule has 2 rings (SSSR count). The van der Waals surface area contributed by atoms with Crippen molar-refractivity contribution < 1.29 is 17.6 Å². The van der Waals surface area contributed by atoms with E-state index >= 15 is 0 Å². The molecule has 0 aromatic heterocycles. The van der Waals surface area contributed by atoms with Crippen molar-refractivity contribution in [3.63, 3.8) is 0 Å². The molecule has 1 aromatic carbocycles. The summed E-state index contributed by atoms with van der Waals surface area (Å²) in [5.74, 6) is -1.04. The second-order valence-corrected chi connectivity index (χ2v) is 8.21. The van der Waals surface area contributed by atoms with Crippen LogP contribution in [-0.2, 0) is 0 Å². The number of rotatable bonds is 1. The monoisotopic (exact) mass is 298 g/mol. The molecule has 0 radical (unpaired) electrons. The number of hydrogen-bond acceptors (Lipinski definition) is 0. The first kappa shape index (κ1) is 13.7. The zero-order chi connectivity index (χ0) is 13.7. The van der Waals surface area contributed by atoms with Crippen LogP contribution in [0.2, 0.25) is 0 Å². The molecule has 6 heteroatoms. The molecule has 0 amide bonds. The number of alkyl halides is 3. The summed E-state index contributed by atoms with van der Waals surface area (Å²) >= 11 is 0.